The molecule has 2 aliphatic rings. The van der Waals surface area contributed by atoms with E-state index < -0.39 is 17.2 Å². The Hall–Kier alpha value is -4.59. The van der Waals surface area contributed by atoms with Gasteiger partial charge in [0.1, 0.15) is 29.4 Å². The van der Waals surface area contributed by atoms with Crippen LogP contribution in [-0.4, -0.2) is 59.0 Å². The first-order valence-corrected chi connectivity index (χ1v) is 12.9. The molecular formula is C31H26F2N4O4. The van der Waals surface area contributed by atoms with E-state index in [4.69, 9.17) is 20.6 Å². The second kappa shape index (κ2) is 10.1. The highest BCUT2D eigenvalue weighted by Crippen LogP contribution is 2.43. The number of aromatic nitrogens is 3. The Morgan fingerprint density at radius 3 is 2.63 bits per heavy atom. The number of halogens is 2. The van der Waals surface area contributed by atoms with Crippen LogP contribution in [0.4, 0.5) is 8.78 Å². The van der Waals surface area contributed by atoms with E-state index in [2.05, 4.69) is 38.9 Å². The van der Waals surface area contributed by atoms with Crippen molar-refractivity contribution in [3.05, 3.63) is 82.3 Å². The number of nitrogens with zero attached hydrogens (tertiary/aromatic N) is 3. The Balaban J connectivity index is 1.46. The molecule has 41 heavy (non-hydrogen) atoms. The Kier molecular flexibility index (Phi) is 6.56. The number of H-pyrrole nitrogens is 1. The third-order valence-electron chi connectivity index (χ3n) is 7.59. The van der Waals surface area contributed by atoms with Crippen molar-refractivity contribution in [3.8, 4) is 35.4 Å². The average molecular weight is 557 g/mol. The van der Waals surface area contributed by atoms with Crippen LogP contribution in [0.5, 0.6) is 11.8 Å². The highest BCUT2D eigenvalue weighted by Gasteiger charge is 2.48. The second-order valence-corrected chi connectivity index (χ2v) is 10.5. The number of fused-ring (bicyclic) bond motifs is 3. The topological polar surface area (TPSA) is 89.6 Å². The van der Waals surface area contributed by atoms with E-state index in [1.165, 1.54) is 31.5 Å². The standard InChI is InChI=1S/C31H26F2N4O4/c1-5-21-24(32)7-6-19-8-20(41-16-39-4)9-22(25(19)21)27-26(33)28-23(12-34-27)29(38)36-30(35-28)40-15-31-10-17(2)13-37(31)14-18(3)11-31/h1,6-9,12H,2-3,10-11,13-16H2,4H3,(H,35,36,38). The van der Waals surface area contributed by atoms with Gasteiger partial charge in [0.25, 0.3) is 11.6 Å². The highest BCUT2D eigenvalue weighted by atomic mass is 19.1. The summed E-state index contributed by atoms with van der Waals surface area (Å²) in [5.41, 5.74) is 0.935. The monoisotopic (exact) mass is 556 g/mol. The minimum atomic E-state index is -0.890. The van der Waals surface area contributed by atoms with Crippen LogP contribution in [0.1, 0.15) is 18.4 Å². The molecule has 2 saturated heterocycles. The van der Waals surface area contributed by atoms with Crippen LogP contribution >= 0.6 is 0 Å². The Morgan fingerprint density at radius 1 is 1.17 bits per heavy atom. The van der Waals surface area contributed by atoms with Crippen LogP contribution in [0.3, 0.4) is 0 Å². The van der Waals surface area contributed by atoms with E-state index >= 15 is 4.39 Å². The Labute approximate surface area is 234 Å². The number of benzene rings is 2. The van der Waals surface area contributed by atoms with Crippen LogP contribution in [0.15, 0.2) is 59.6 Å². The first-order chi connectivity index (χ1) is 19.7. The number of terminal acetylenes is 1. The predicted octanol–water partition coefficient (Wildman–Crippen LogP) is 4.72. The van der Waals surface area contributed by atoms with Crippen LogP contribution in [0.2, 0.25) is 0 Å². The lowest BCUT2D eigenvalue weighted by Crippen LogP contribution is -2.43. The van der Waals surface area contributed by atoms with Crippen LogP contribution in [-0.2, 0) is 4.74 Å². The van der Waals surface area contributed by atoms with Crippen molar-refractivity contribution in [3.63, 3.8) is 0 Å². The van der Waals surface area contributed by atoms with E-state index in [0.29, 0.717) is 11.1 Å². The number of pyridine rings is 1. The fourth-order valence-corrected chi connectivity index (χ4v) is 5.91. The third kappa shape index (κ3) is 4.53. The van der Waals surface area contributed by atoms with Crippen molar-refractivity contribution in [2.45, 2.75) is 18.4 Å². The normalized spacial score (nSPS) is 16.3. The Bertz CT molecular complexity index is 1840. The predicted molar refractivity (Wildman–Crippen MR) is 151 cm³/mol. The average Bonchev–Trinajstić information content (AvgIpc) is 3.41. The zero-order valence-electron chi connectivity index (χ0n) is 22.4. The van der Waals surface area contributed by atoms with Crippen LogP contribution < -0.4 is 15.0 Å². The zero-order valence-corrected chi connectivity index (χ0v) is 22.4. The van der Waals surface area contributed by atoms with Gasteiger partial charge in [-0.15, -0.1) is 6.42 Å². The fraction of sp³-hybridized carbons (Fsp3) is 0.258. The van der Waals surface area contributed by atoms with Crippen LogP contribution in [0.25, 0.3) is 32.9 Å². The quantitative estimate of drug-likeness (QED) is 0.200. The maximum atomic E-state index is 16.2. The maximum Gasteiger partial charge on any atom is 0.297 e. The summed E-state index contributed by atoms with van der Waals surface area (Å²) in [5, 5.41) is 0.708. The molecule has 0 saturated carbocycles. The number of nitrogens with one attached hydrogen (secondary N) is 1. The van der Waals surface area contributed by atoms with Crippen molar-refractivity contribution in [2.75, 3.05) is 33.6 Å². The van der Waals surface area contributed by atoms with Gasteiger partial charge in [-0.2, -0.15) is 4.98 Å². The number of methoxy groups -OCH3 is 1. The first kappa shape index (κ1) is 26.6. The maximum absolute atomic E-state index is 16.2. The number of aromatic amines is 1. The largest absolute Gasteiger partial charge is 0.468 e. The van der Waals surface area contributed by atoms with Gasteiger partial charge in [0.15, 0.2) is 12.6 Å². The molecule has 2 aromatic carbocycles. The molecule has 2 fully saturated rings. The fourth-order valence-electron chi connectivity index (χ4n) is 5.91. The molecule has 2 aromatic heterocycles. The minimum Gasteiger partial charge on any atom is -0.468 e. The molecule has 1 N–H and O–H groups in total. The number of hydrogen-bond acceptors (Lipinski definition) is 7. The zero-order chi connectivity index (χ0) is 28.9. The molecule has 208 valence electrons. The summed E-state index contributed by atoms with van der Waals surface area (Å²) in [7, 11) is 1.46. The summed E-state index contributed by atoms with van der Waals surface area (Å²) in [6.45, 7) is 9.88. The molecule has 0 atom stereocenters. The molecule has 0 spiro atoms. The molecule has 0 aliphatic carbocycles. The molecule has 0 bridgehead atoms. The smallest absolute Gasteiger partial charge is 0.297 e. The van der Waals surface area contributed by atoms with Gasteiger partial charge in [0.05, 0.1) is 16.5 Å². The van der Waals surface area contributed by atoms with Crippen molar-refractivity contribution in [1.82, 2.24) is 19.9 Å². The summed E-state index contributed by atoms with van der Waals surface area (Å²) >= 11 is 0. The van der Waals surface area contributed by atoms with E-state index in [1.807, 2.05) is 0 Å². The molecule has 4 heterocycles. The van der Waals surface area contributed by atoms with Gasteiger partial charge in [0.2, 0.25) is 0 Å². The van der Waals surface area contributed by atoms with Crippen LogP contribution in [0, 0.1) is 24.0 Å². The molecule has 0 amide bonds. The number of hydrogen-bond donors (Lipinski definition) is 1. The van der Waals surface area contributed by atoms with Crippen molar-refractivity contribution >= 4 is 21.7 Å². The van der Waals surface area contributed by atoms with E-state index in [9.17, 15) is 9.18 Å². The molecule has 8 nitrogen and oxygen atoms in total. The molecule has 6 rings (SSSR count). The van der Waals surface area contributed by atoms with Crippen molar-refractivity contribution < 1.29 is 23.0 Å². The summed E-state index contributed by atoms with van der Waals surface area (Å²) < 4.78 is 47.6. The van der Waals surface area contributed by atoms with Crippen molar-refractivity contribution in [2.24, 2.45) is 0 Å². The van der Waals surface area contributed by atoms with E-state index in [0.717, 1.165) is 37.1 Å². The van der Waals surface area contributed by atoms with E-state index in [-0.39, 0.29) is 58.1 Å². The Morgan fingerprint density at radius 2 is 1.93 bits per heavy atom. The molecule has 10 heteroatoms. The summed E-state index contributed by atoms with van der Waals surface area (Å²) in [5.74, 6) is 1.15. The SMILES string of the molecule is C#Cc1c(F)ccc2cc(OCOC)cc(-c3ncc4c(=O)[nH]c(OCC56CC(=C)CN5CC(=C)C6)nc4c3F)c12. The number of ether oxygens (including phenoxy) is 3. The summed E-state index contributed by atoms with van der Waals surface area (Å²) in [6, 6.07) is 5.76. The highest BCUT2D eigenvalue weighted by molar-refractivity contribution is 6.02. The van der Waals surface area contributed by atoms with Gasteiger partial charge in [-0.3, -0.25) is 19.7 Å². The lowest BCUT2D eigenvalue weighted by atomic mass is 9.92. The first-order valence-electron chi connectivity index (χ1n) is 12.9. The lowest BCUT2D eigenvalue weighted by Gasteiger charge is -2.30. The van der Waals surface area contributed by atoms with Crippen molar-refractivity contribution in [1.29, 1.82) is 0 Å². The minimum absolute atomic E-state index is 0.0555. The molecular weight excluding hydrogens is 530 g/mol. The molecule has 0 unspecified atom stereocenters. The molecule has 0 radical (unpaired) electrons. The summed E-state index contributed by atoms with van der Waals surface area (Å²) in [4.78, 5) is 26.3. The van der Waals surface area contributed by atoms with Gasteiger partial charge in [0, 0.05) is 37.3 Å². The lowest BCUT2D eigenvalue weighted by molar-refractivity contribution is 0.0512. The molecule has 4 aromatic rings. The van der Waals surface area contributed by atoms with Gasteiger partial charge in [-0.25, -0.2) is 8.78 Å². The van der Waals surface area contributed by atoms with E-state index in [1.54, 1.807) is 6.07 Å². The van der Waals surface area contributed by atoms with Gasteiger partial charge in [-0.05, 0) is 36.4 Å². The molecule has 2 aliphatic heterocycles. The van der Waals surface area contributed by atoms with Gasteiger partial charge in [-0.1, -0.05) is 36.3 Å². The van der Waals surface area contributed by atoms with Gasteiger partial charge < -0.3 is 14.2 Å². The number of rotatable bonds is 7. The second-order valence-electron chi connectivity index (χ2n) is 10.5. The van der Waals surface area contributed by atoms with Gasteiger partial charge >= 0.3 is 0 Å². The summed E-state index contributed by atoms with van der Waals surface area (Å²) in [6.07, 6.45) is 8.32. The third-order valence-corrected chi connectivity index (χ3v) is 7.59.